The van der Waals surface area contributed by atoms with E-state index in [2.05, 4.69) is 66.5 Å². The lowest BCUT2D eigenvalue weighted by atomic mass is 9.94. The fourth-order valence-corrected chi connectivity index (χ4v) is 3.18. The molecule has 0 radical (unpaired) electrons. The number of hydrogen-bond acceptors (Lipinski definition) is 2. The maximum absolute atomic E-state index is 5.87. The number of furan rings is 1. The summed E-state index contributed by atoms with van der Waals surface area (Å²) in [4.78, 5) is 0. The first-order valence-corrected chi connectivity index (χ1v) is 8.38. The predicted octanol–water partition coefficient (Wildman–Crippen LogP) is 6.36. The molecule has 0 unspecified atom stereocenters. The molecule has 25 heavy (non-hydrogen) atoms. The minimum Gasteiger partial charge on any atom is -0.462 e. The topological polar surface area (TPSA) is 25.2 Å². The Hall–Kier alpha value is -3.26. The zero-order chi connectivity index (χ0) is 17.1. The molecule has 4 aromatic rings. The summed E-state index contributed by atoms with van der Waals surface area (Å²) in [5, 5.41) is 4.57. The van der Waals surface area contributed by atoms with Crippen LogP contribution in [0.3, 0.4) is 0 Å². The quantitative estimate of drug-likeness (QED) is 0.432. The molecule has 0 amide bonds. The molecule has 0 spiro atoms. The minimum atomic E-state index is 0.681. The van der Waals surface area contributed by atoms with E-state index in [1.807, 2.05) is 24.3 Å². The maximum Gasteiger partial charge on any atom is 0.158 e. The lowest BCUT2D eigenvalue weighted by molar-refractivity contribution is 0.617. The second-order valence-electron chi connectivity index (χ2n) is 5.91. The summed E-state index contributed by atoms with van der Waals surface area (Å²) < 4.78 is 5.87. The van der Waals surface area contributed by atoms with E-state index < -0.39 is 0 Å². The molecule has 0 aliphatic heterocycles. The number of anilines is 1. The third-order valence-corrected chi connectivity index (χ3v) is 4.33. The highest BCUT2D eigenvalue weighted by atomic mass is 16.3. The summed E-state index contributed by atoms with van der Waals surface area (Å²) in [6.07, 6.45) is 3.61. The maximum atomic E-state index is 5.87. The van der Waals surface area contributed by atoms with Gasteiger partial charge in [-0.3, -0.25) is 0 Å². The van der Waals surface area contributed by atoms with Gasteiger partial charge in [-0.25, -0.2) is 0 Å². The molecule has 2 heteroatoms. The molecule has 0 saturated carbocycles. The van der Waals surface area contributed by atoms with Crippen LogP contribution in [-0.4, -0.2) is 6.54 Å². The van der Waals surface area contributed by atoms with Crippen molar-refractivity contribution in [2.24, 2.45) is 0 Å². The zero-order valence-electron chi connectivity index (χ0n) is 13.9. The van der Waals surface area contributed by atoms with E-state index >= 15 is 0 Å². The van der Waals surface area contributed by atoms with Gasteiger partial charge in [0.1, 0.15) is 0 Å². The molecule has 3 aromatic carbocycles. The van der Waals surface area contributed by atoms with Crippen molar-refractivity contribution < 1.29 is 4.42 Å². The summed E-state index contributed by atoms with van der Waals surface area (Å²) in [5.74, 6) is 0. The van der Waals surface area contributed by atoms with Crippen LogP contribution in [0.4, 0.5) is 5.69 Å². The van der Waals surface area contributed by atoms with Crippen molar-refractivity contribution in [1.29, 1.82) is 0 Å². The number of nitrogens with one attached hydrogen (secondary N) is 1. The molecule has 1 heterocycles. The van der Waals surface area contributed by atoms with Crippen molar-refractivity contribution >= 4 is 16.7 Å². The van der Waals surface area contributed by atoms with Gasteiger partial charge in [0.2, 0.25) is 0 Å². The van der Waals surface area contributed by atoms with E-state index in [0.29, 0.717) is 6.54 Å². The standard InChI is InChI=1S/C23H19NO/c1-2-14-24-22-21(18-11-7-4-8-12-18)16-20(17-9-5-3-6-10-17)19-13-15-25-23(19)22/h2-13,15-16,24H,1,14H2. The molecular weight excluding hydrogens is 306 g/mol. The highest BCUT2D eigenvalue weighted by Gasteiger charge is 2.16. The number of rotatable bonds is 5. The number of fused-ring (bicyclic) bond motifs is 1. The van der Waals surface area contributed by atoms with E-state index in [0.717, 1.165) is 27.8 Å². The fraction of sp³-hybridized carbons (Fsp3) is 0.0435. The van der Waals surface area contributed by atoms with Crippen molar-refractivity contribution in [3.63, 3.8) is 0 Å². The Morgan fingerprint density at radius 3 is 2.12 bits per heavy atom. The Morgan fingerprint density at radius 2 is 1.48 bits per heavy atom. The van der Waals surface area contributed by atoms with Crippen molar-refractivity contribution in [3.05, 3.63) is 91.7 Å². The summed E-state index contributed by atoms with van der Waals surface area (Å²) in [6.45, 7) is 4.50. The molecule has 4 rings (SSSR count). The van der Waals surface area contributed by atoms with Crippen molar-refractivity contribution in [2.45, 2.75) is 0 Å². The van der Waals surface area contributed by atoms with Gasteiger partial charge in [0.05, 0.1) is 12.0 Å². The predicted molar refractivity (Wildman–Crippen MR) is 106 cm³/mol. The molecular formula is C23H19NO. The van der Waals surface area contributed by atoms with Crippen LogP contribution in [0.1, 0.15) is 0 Å². The Kier molecular flexibility index (Phi) is 4.09. The van der Waals surface area contributed by atoms with Crippen molar-refractivity contribution in [3.8, 4) is 22.3 Å². The molecule has 1 aromatic heterocycles. The summed E-state index contributed by atoms with van der Waals surface area (Å²) >= 11 is 0. The van der Waals surface area contributed by atoms with Gasteiger partial charge >= 0.3 is 0 Å². The SMILES string of the molecule is C=CCNc1c(-c2ccccc2)cc(-c2ccccc2)c2ccoc12. The molecule has 1 N–H and O–H groups in total. The van der Waals surface area contributed by atoms with Gasteiger partial charge in [-0.05, 0) is 28.8 Å². The smallest absolute Gasteiger partial charge is 0.158 e. The first kappa shape index (κ1) is 15.3. The second kappa shape index (κ2) is 6.70. The van der Waals surface area contributed by atoms with E-state index in [1.165, 1.54) is 11.1 Å². The van der Waals surface area contributed by atoms with E-state index in [4.69, 9.17) is 4.42 Å². The highest BCUT2D eigenvalue weighted by Crippen LogP contribution is 2.41. The van der Waals surface area contributed by atoms with E-state index in [1.54, 1.807) is 6.26 Å². The molecule has 0 aliphatic carbocycles. The molecule has 0 atom stereocenters. The van der Waals surface area contributed by atoms with Gasteiger partial charge in [0.25, 0.3) is 0 Å². The van der Waals surface area contributed by atoms with Crippen LogP contribution in [0.2, 0.25) is 0 Å². The van der Waals surface area contributed by atoms with Crippen LogP contribution >= 0.6 is 0 Å². The molecule has 0 fully saturated rings. The Balaban J connectivity index is 2.02. The Morgan fingerprint density at radius 1 is 0.840 bits per heavy atom. The van der Waals surface area contributed by atoms with Gasteiger partial charge in [-0.15, -0.1) is 6.58 Å². The van der Waals surface area contributed by atoms with Gasteiger partial charge < -0.3 is 9.73 Å². The number of benzene rings is 3. The van der Waals surface area contributed by atoms with Gasteiger partial charge in [-0.2, -0.15) is 0 Å². The van der Waals surface area contributed by atoms with Gasteiger partial charge in [0, 0.05) is 17.5 Å². The van der Waals surface area contributed by atoms with Gasteiger partial charge in [0.15, 0.2) is 5.58 Å². The van der Waals surface area contributed by atoms with E-state index in [9.17, 15) is 0 Å². The summed E-state index contributed by atoms with van der Waals surface area (Å²) in [6, 6.07) is 25.1. The Labute approximate surface area is 147 Å². The van der Waals surface area contributed by atoms with Gasteiger partial charge in [-0.1, -0.05) is 66.7 Å². The highest BCUT2D eigenvalue weighted by molar-refractivity contribution is 6.06. The van der Waals surface area contributed by atoms with Crippen molar-refractivity contribution in [1.82, 2.24) is 0 Å². The van der Waals surface area contributed by atoms with Crippen LogP contribution in [0.25, 0.3) is 33.2 Å². The summed E-state index contributed by atoms with van der Waals surface area (Å²) in [5.41, 5.74) is 6.52. The summed E-state index contributed by atoms with van der Waals surface area (Å²) in [7, 11) is 0. The second-order valence-corrected chi connectivity index (χ2v) is 5.91. The largest absolute Gasteiger partial charge is 0.462 e. The third kappa shape index (κ3) is 2.83. The molecule has 122 valence electrons. The van der Waals surface area contributed by atoms with Crippen LogP contribution in [0.5, 0.6) is 0 Å². The lowest BCUT2D eigenvalue weighted by Crippen LogP contribution is -2.01. The van der Waals surface area contributed by atoms with Crippen LogP contribution in [0.15, 0.2) is 96.1 Å². The monoisotopic (exact) mass is 325 g/mol. The molecule has 0 bridgehead atoms. The normalized spacial score (nSPS) is 10.7. The molecule has 0 saturated heterocycles. The minimum absolute atomic E-state index is 0.681. The van der Waals surface area contributed by atoms with Crippen molar-refractivity contribution in [2.75, 3.05) is 11.9 Å². The first-order chi connectivity index (χ1) is 12.4. The first-order valence-electron chi connectivity index (χ1n) is 8.38. The van der Waals surface area contributed by atoms with Crippen LogP contribution in [-0.2, 0) is 0 Å². The molecule has 0 aliphatic rings. The lowest BCUT2D eigenvalue weighted by Gasteiger charge is -2.15. The van der Waals surface area contributed by atoms with E-state index in [-0.39, 0.29) is 0 Å². The molecule has 2 nitrogen and oxygen atoms in total. The van der Waals surface area contributed by atoms with Crippen LogP contribution < -0.4 is 5.32 Å². The fourth-order valence-electron chi connectivity index (χ4n) is 3.18. The third-order valence-electron chi connectivity index (χ3n) is 4.33. The average Bonchev–Trinajstić information content (AvgIpc) is 3.17. The zero-order valence-corrected chi connectivity index (χ0v) is 13.9. The Bertz CT molecular complexity index is 1000. The van der Waals surface area contributed by atoms with Crippen LogP contribution in [0, 0.1) is 0 Å². The average molecular weight is 325 g/mol. The number of hydrogen-bond donors (Lipinski definition) is 1.